The largest absolute Gasteiger partial charge is 0.393 e. The molecule has 0 bridgehead atoms. The standard InChI is InChI=1S/C20H22N4O2/c1-13-9-22-24(11-13)12-19(26)23-20(15-7-17(25)8-15)16-6-14-4-2-3-5-18(14)21-10-16/h2-6,9-11,15,17,20,25H,7-8,12H2,1H3,(H,23,26)/t15?,17?,20-/m0/s1. The van der Waals surface area contributed by atoms with Crippen LogP contribution in [0, 0.1) is 12.8 Å². The Balaban J connectivity index is 1.56. The average molecular weight is 350 g/mol. The highest BCUT2D eigenvalue weighted by Crippen LogP contribution is 2.38. The predicted octanol–water partition coefficient (Wildman–Crippen LogP) is 2.37. The normalized spacial score (nSPS) is 20.5. The third kappa shape index (κ3) is 3.46. The first-order valence-corrected chi connectivity index (χ1v) is 8.89. The fraction of sp³-hybridized carbons (Fsp3) is 0.350. The number of nitrogens with zero attached hydrogens (tertiary/aromatic N) is 3. The fourth-order valence-electron chi connectivity index (χ4n) is 3.55. The molecule has 26 heavy (non-hydrogen) atoms. The summed E-state index contributed by atoms with van der Waals surface area (Å²) in [5, 5.41) is 18.1. The first kappa shape index (κ1) is 16.7. The number of fused-ring (bicyclic) bond motifs is 1. The number of aryl methyl sites for hydroxylation is 1. The summed E-state index contributed by atoms with van der Waals surface area (Å²) in [7, 11) is 0. The maximum atomic E-state index is 12.5. The van der Waals surface area contributed by atoms with E-state index in [0.717, 1.165) is 22.0 Å². The molecular weight excluding hydrogens is 328 g/mol. The van der Waals surface area contributed by atoms with Crippen LogP contribution in [0.1, 0.15) is 30.0 Å². The second-order valence-corrected chi connectivity index (χ2v) is 7.11. The Morgan fingerprint density at radius 3 is 2.88 bits per heavy atom. The number of aliphatic hydroxyl groups is 1. The van der Waals surface area contributed by atoms with Gasteiger partial charge >= 0.3 is 0 Å². The highest BCUT2D eigenvalue weighted by atomic mass is 16.3. The van der Waals surface area contributed by atoms with Gasteiger partial charge in [0.1, 0.15) is 6.54 Å². The van der Waals surface area contributed by atoms with Crippen molar-refractivity contribution in [3.8, 4) is 0 Å². The van der Waals surface area contributed by atoms with Crippen LogP contribution in [0.15, 0.2) is 48.9 Å². The van der Waals surface area contributed by atoms with Crippen molar-refractivity contribution < 1.29 is 9.90 Å². The van der Waals surface area contributed by atoms with Crippen molar-refractivity contribution >= 4 is 16.8 Å². The number of nitrogens with one attached hydrogen (secondary N) is 1. The molecule has 2 aromatic heterocycles. The van der Waals surface area contributed by atoms with E-state index in [9.17, 15) is 9.90 Å². The van der Waals surface area contributed by atoms with Gasteiger partial charge in [-0.2, -0.15) is 5.10 Å². The van der Waals surface area contributed by atoms with Crippen molar-refractivity contribution in [2.24, 2.45) is 5.92 Å². The molecule has 1 fully saturated rings. The second kappa shape index (κ2) is 6.88. The van der Waals surface area contributed by atoms with Crippen molar-refractivity contribution in [3.05, 3.63) is 60.0 Å². The van der Waals surface area contributed by atoms with Crippen molar-refractivity contribution in [2.45, 2.75) is 38.5 Å². The number of aliphatic hydroxyl groups excluding tert-OH is 1. The van der Waals surface area contributed by atoms with Gasteiger partial charge in [-0.1, -0.05) is 18.2 Å². The molecule has 0 radical (unpaired) electrons. The number of amides is 1. The molecule has 1 aromatic carbocycles. The molecule has 2 heterocycles. The molecule has 4 rings (SSSR count). The summed E-state index contributed by atoms with van der Waals surface area (Å²) >= 11 is 0. The van der Waals surface area contributed by atoms with Gasteiger partial charge in [-0.3, -0.25) is 14.5 Å². The molecule has 1 aliphatic carbocycles. The van der Waals surface area contributed by atoms with Crippen LogP contribution >= 0.6 is 0 Å². The quantitative estimate of drug-likeness (QED) is 0.740. The van der Waals surface area contributed by atoms with Gasteiger partial charge < -0.3 is 10.4 Å². The van der Waals surface area contributed by atoms with Gasteiger partial charge in [0, 0.05) is 17.8 Å². The van der Waals surface area contributed by atoms with Gasteiger partial charge in [-0.25, -0.2) is 0 Å². The van der Waals surface area contributed by atoms with E-state index in [0.29, 0.717) is 12.8 Å². The van der Waals surface area contributed by atoms with E-state index < -0.39 is 0 Å². The lowest BCUT2D eigenvalue weighted by Crippen LogP contribution is -2.42. The number of aromatic nitrogens is 3. The number of rotatable bonds is 5. The lowest BCUT2D eigenvalue weighted by Gasteiger charge is -2.38. The molecular formula is C20H22N4O2. The Hall–Kier alpha value is -2.73. The van der Waals surface area contributed by atoms with E-state index >= 15 is 0 Å². The number of pyridine rings is 1. The Morgan fingerprint density at radius 2 is 2.15 bits per heavy atom. The highest BCUT2D eigenvalue weighted by molar-refractivity contribution is 5.79. The Kier molecular flexibility index (Phi) is 4.42. The summed E-state index contributed by atoms with van der Waals surface area (Å²) in [5.74, 6) is 0.129. The molecule has 6 heteroatoms. The van der Waals surface area contributed by atoms with E-state index in [1.54, 1.807) is 10.9 Å². The Labute approximate surface area is 151 Å². The number of para-hydroxylation sites is 1. The summed E-state index contributed by atoms with van der Waals surface area (Å²) in [5.41, 5.74) is 2.93. The zero-order valence-corrected chi connectivity index (χ0v) is 14.7. The third-order valence-corrected chi connectivity index (χ3v) is 4.98. The minimum atomic E-state index is -0.276. The van der Waals surface area contributed by atoms with Gasteiger partial charge in [0.2, 0.25) is 5.91 Å². The molecule has 134 valence electrons. The van der Waals surface area contributed by atoms with Crippen LogP contribution in [0.5, 0.6) is 0 Å². The minimum absolute atomic E-state index is 0.0901. The maximum Gasteiger partial charge on any atom is 0.242 e. The Bertz CT molecular complexity index is 930. The van der Waals surface area contributed by atoms with Crippen molar-refractivity contribution in [3.63, 3.8) is 0 Å². The topological polar surface area (TPSA) is 80.0 Å². The molecule has 3 aromatic rings. The van der Waals surface area contributed by atoms with Crippen molar-refractivity contribution in [1.82, 2.24) is 20.1 Å². The van der Waals surface area contributed by atoms with Gasteiger partial charge in [0.05, 0.1) is 23.9 Å². The van der Waals surface area contributed by atoms with E-state index in [1.165, 1.54) is 0 Å². The Morgan fingerprint density at radius 1 is 1.35 bits per heavy atom. The van der Waals surface area contributed by atoms with Crippen LogP contribution in [0.25, 0.3) is 10.9 Å². The molecule has 1 aliphatic rings. The van der Waals surface area contributed by atoms with E-state index in [1.807, 2.05) is 43.6 Å². The lowest BCUT2D eigenvalue weighted by molar-refractivity contribution is -0.123. The molecule has 2 N–H and O–H groups in total. The summed E-state index contributed by atoms with van der Waals surface area (Å²) in [6, 6.07) is 9.86. The summed E-state index contributed by atoms with van der Waals surface area (Å²) in [6.45, 7) is 2.13. The summed E-state index contributed by atoms with van der Waals surface area (Å²) in [4.78, 5) is 17.1. The number of benzene rings is 1. The van der Waals surface area contributed by atoms with Crippen molar-refractivity contribution in [2.75, 3.05) is 0 Å². The van der Waals surface area contributed by atoms with Gasteiger partial charge in [-0.15, -0.1) is 0 Å². The first-order valence-electron chi connectivity index (χ1n) is 8.89. The second-order valence-electron chi connectivity index (χ2n) is 7.11. The molecule has 0 saturated heterocycles. The highest BCUT2D eigenvalue weighted by Gasteiger charge is 2.36. The monoisotopic (exact) mass is 350 g/mol. The van der Waals surface area contributed by atoms with Crippen LogP contribution in [0.4, 0.5) is 0 Å². The van der Waals surface area contributed by atoms with Gasteiger partial charge in [0.25, 0.3) is 0 Å². The third-order valence-electron chi connectivity index (χ3n) is 4.98. The number of carbonyl (C=O) groups excluding carboxylic acids is 1. The van der Waals surface area contributed by atoms with Crippen LogP contribution in [-0.2, 0) is 11.3 Å². The van der Waals surface area contributed by atoms with Crippen LogP contribution in [0.3, 0.4) is 0 Å². The first-order chi connectivity index (χ1) is 12.6. The van der Waals surface area contributed by atoms with Crippen LogP contribution < -0.4 is 5.32 Å². The van der Waals surface area contributed by atoms with Gasteiger partial charge in [0.15, 0.2) is 0 Å². The van der Waals surface area contributed by atoms with E-state index in [-0.39, 0.29) is 30.5 Å². The predicted molar refractivity (Wildman–Crippen MR) is 98.3 cm³/mol. The summed E-state index contributed by atoms with van der Waals surface area (Å²) < 4.78 is 1.63. The molecule has 6 nitrogen and oxygen atoms in total. The molecule has 1 saturated carbocycles. The summed E-state index contributed by atoms with van der Waals surface area (Å²) in [6.07, 6.45) is 6.52. The zero-order valence-electron chi connectivity index (χ0n) is 14.7. The lowest BCUT2D eigenvalue weighted by atomic mass is 9.75. The number of hydrogen-bond acceptors (Lipinski definition) is 4. The van der Waals surface area contributed by atoms with Crippen LogP contribution in [0.2, 0.25) is 0 Å². The molecule has 0 unspecified atom stereocenters. The SMILES string of the molecule is Cc1cnn(CC(=O)N[C@H](c2cnc3ccccc3c2)C2CC(O)C2)c1. The number of carbonyl (C=O) groups is 1. The van der Waals surface area contributed by atoms with Crippen molar-refractivity contribution in [1.29, 1.82) is 0 Å². The van der Waals surface area contributed by atoms with Crippen LogP contribution in [-0.4, -0.2) is 31.9 Å². The maximum absolute atomic E-state index is 12.5. The molecule has 1 atom stereocenters. The molecule has 0 aliphatic heterocycles. The minimum Gasteiger partial charge on any atom is -0.393 e. The zero-order chi connectivity index (χ0) is 18.1. The number of hydrogen-bond donors (Lipinski definition) is 2. The molecule has 0 spiro atoms. The fourth-order valence-corrected chi connectivity index (χ4v) is 3.55. The van der Waals surface area contributed by atoms with E-state index in [2.05, 4.69) is 21.5 Å². The van der Waals surface area contributed by atoms with Gasteiger partial charge in [-0.05, 0) is 48.9 Å². The van der Waals surface area contributed by atoms with E-state index in [4.69, 9.17) is 0 Å². The average Bonchev–Trinajstić information content (AvgIpc) is 3.01. The smallest absolute Gasteiger partial charge is 0.242 e. The molecule has 1 amide bonds.